The zero-order valence-corrected chi connectivity index (χ0v) is 16.2. The summed E-state index contributed by atoms with van der Waals surface area (Å²) in [6.45, 7) is 5.13. The highest BCUT2D eigenvalue weighted by Gasteiger charge is 2.34. The van der Waals surface area contributed by atoms with E-state index < -0.39 is 11.7 Å². The maximum atomic E-state index is 13.5. The molecular weight excluding hydrogens is 355 g/mol. The summed E-state index contributed by atoms with van der Waals surface area (Å²) in [6.07, 6.45) is 0.654. The molecule has 4 nitrogen and oxygen atoms in total. The molecule has 1 aliphatic rings. The van der Waals surface area contributed by atoms with Gasteiger partial charge in [-0.25, -0.2) is 0 Å². The monoisotopic (exact) mass is 385 g/mol. The minimum atomic E-state index is -4.51. The van der Waals surface area contributed by atoms with Gasteiger partial charge in [0.15, 0.2) is 0 Å². The number of rotatable bonds is 8. The Bertz CT molecular complexity index is 611. The van der Waals surface area contributed by atoms with Gasteiger partial charge in [-0.15, -0.1) is 0 Å². The normalized spacial score (nSPS) is 15.8. The molecule has 0 atom stereocenters. The first-order valence-electron chi connectivity index (χ1n) is 9.76. The van der Waals surface area contributed by atoms with Gasteiger partial charge in [0.25, 0.3) is 0 Å². The van der Waals surface area contributed by atoms with Gasteiger partial charge < -0.3 is 15.1 Å². The van der Waals surface area contributed by atoms with Crippen LogP contribution in [0.15, 0.2) is 18.2 Å². The van der Waals surface area contributed by atoms with Crippen LogP contribution in [0.1, 0.15) is 51.0 Å². The van der Waals surface area contributed by atoms with Crippen molar-refractivity contribution in [2.45, 2.75) is 51.6 Å². The summed E-state index contributed by atoms with van der Waals surface area (Å²) in [4.78, 5) is 16.2. The quantitative estimate of drug-likeness (QED) is 0.656. The molecule has 0 aliphatic carbocycles. The van der Waals surface area contributed by atoms with Gasteiger partial charge in [0.05, 0.1) is 11.3 Å². The molecule has 1 amide bonds. The average Bonchev–Trinajstić information content (AvgIpc) is 2.62. The molecule has 0 spiro atoms. The van der Waals surface area contributed by atoms with E-state index in [4.69, 9.17) is 0 Å². The minimum Gasteiger partial charge on any atom is -0.369 e. The summed E-state index contributed by atoms with van der Waals surface area (Å²) in [5.41, 5.74) is -0.384. The summed E-state index contributed by atoms with van der Waals surface area (Å²) >= 11 is 0. The van der Waals surface area contributed by atoms with Crippen LogP contribution >= 0.6 is 0 Å². The lowest BCUT2D eigenvalue weighted by Gasteiger charge is -2.34. The van der Waals surface area contributed by atoms with Crippen LogP contribution in [0.25, 0.3) is 0 Å². The molecule has 0 unspecified atom stereocenters. The number of unbranched alkanes of at least 4 members (excludes halogenated alkanes) is 4. The predicted octanol–water partition coefficient (Wildman–Crippen LogP) is 4.76. The van der Waals surface area contributed by atoms with Crippen molar-refractivity contribution in [1.29, 1.82) is 0 Å². The van der Waals surface area contributed by atoms with Gasteiger partial charge in [0, 0.05) is 38.3 Å². The van der Waals surface area contributed by atoms with Gasteiger partial charge in [-0.05, 0) is 31.7 Å². The highest BCUT2D eigenvalue weighted by molar-refractivity contribution is 5.92. The lowest BCUT2D eigenvalue weighted by Crippen LogP contribution is -2.44. The first-order valence-corrected chi connectivity index (χ1v) is 9.76. The Morgan fingerprint density at radius 2 is 1.74 bits per heavy atom. The van der Waals surface area contributed by atoms with E-state index in [2.05, 4.69) is 17.1 Å². The Balaban J connectivity index is 2.04. The second-order valence-electron chi connectivity index (χ2n) is 7.23. The topological polar surface area (TPSA) is 35.6 Å². The molecular formula is C20H30F3N3O. The lowest BCUT2D eigenvalue weighted by atomic mass is 10.1. The molecule has 7 heteroatoms. The van der Waals surface area contributed by atoms with E-state index in [1.807, 2.05) is 11.9 Å². The van der Waals surface area contributed by atoms with E-state index in [1.54, 1.807) is 6.07 Å². The number of carbonyl (C=O) groups excluding carboxylic acids is 1. The molecule has 2 rings (SSSR count). The molecule has 1 N–H and O–H groups in total. The first-order chi connectivity index (χ1) is 12.8. The highest BCUT2D eigenvalue weighted by atomic mass is 19.4. The Morgan fingerprint density at radius 3 is 2.37 bits per heavy atom. The van der Waals surface area contributed by atoms with Gasteiger partial charge in [0.2, 0.25) is 5.91 Å². The number of carbonyl (C=O) groups is 1. The van der Waals surface area contributed by atoms with Crippen LogP contribution < -0.4 is 10.2 Å². The number of piperazine rings is 1. The molecule has 0 radical (unpaired) electrons. The Kier molecular flexibility index (Phi) is 7.95. The number of nitrogens with one attached hydrogen (secondary N) is 1. The summed E-state index contributed by atoms with van der Waals surface area (Å²) in [7, 11) is 2.00. The van der Waals surface area contributed by atoms with Crippen LogP contribution in [0.4, 0.5) is 24.5 Å². The van der Waals surface area contributed by atoms with E-state index in [-0.39, 0.29) is 18.0 Å². The van der Waals surface area contributed by atoms with Gasteiger partial charge in [-0.3, -0.25) is 4.79 Å². The number of hydrogen-bond donors (Lipinski definition) is 1. The van der Waals surface area contributed by atoms with Crippen LogP contribution in [0.3, 0.4) is 0 Å². The van der Waals surface area contributed by atoms with E-state index in [0.717, 1.165) is 44.8 Å². The van der Waals surface area contributed by atoms with Crippen molar-refractivity contribution < 1.29 is 18.0 Å². The number of hydrogen-bond acceptors (Lipinski definition) is 3. The molecule has 27 heavy (non-hydrogen) atoms. The molecule has 1 fully saturated rings. The number of anilines is 2. The number of halogens is 3. The van der Waals surface area contributed by atoms with Crippen molar-refractivity contribution >= 4 is 17.3 Å². The molecule has 1 saturated heterocycles. The third-order valence-corrected chi connectivity index (χ3v) is 4.96. The second-order valence-corrected chi connectivity index (χ2v) is 7.23. The highest BCUT2D eigenvalue weighted by Crippen LogP contribution is 2.37. The van der Waals surface area contributed by atoms with Crippen LogP contribution in [0.2, 0.25) is 0 Å². The average molecular weight is 385 g/mol. The number of alkyl halides is 3. The molecule has 1 aromatic carbocycles. The zero-order chi connectivity index (χ0) is 19.9. The molecule has 0 bridgehead atoms. The summed E-state index contributed by atoms with van der Waals surface area (Å²) in [5, 5.41) is 2.46. The van der Waals surface area contributed by atoms with E-state index >= 15 is 0 Å². The third-order valence-electron chi connectivity index (χ3n) is 4.96. The van der Waals surface area contributed by atoms with E-state index in [1.165, 1.54) is 6.07 Å². The van der Waals surface area contributed by atoms with Crippen molar-refractivity contribution in [1.82, 2.24) is 4.90 Å². The molecule has 0 aromatic heterocycles. The molecule has 1 heterocycles. The Morgan fingerprint density at radius 1 is 1.07 bits per heavy atom. The number of likely N-dealkylation sites (N-methyl/N-ethyl adjacent to an activating group) is 1. The SMILES string of the molecule is CCCCCCCC(=O)Nc1ccc(N2CCN(C)CC2)cc1C(F)(F)F. The third kappa shape index (κ3) is 6.72. The zero-order valence-electron chi connectivity index (χ0n) is 16.2. The largest absolute Gasteiger partial charge is 0.418 e. The van der Waals surface area contributed by atoms with Crippen LogP contribution in [-0.4, -0.2) is 44.0 Å². The van der Waals surface area contributed by atoms with Gasteiger partial charge >= 0.3 is 6.18 Å². The van der Waals surface area contributed by atoms with Crippen molar-refractivity contribution in [3.8, 4) is 0 Å². The van der Waals surface area contributed by atoms with Crippen LogP contribution in [0, 0.1) is 0 Å². The first kappa shape index (κ1) is 21.5. The lowest BCUT2D eigenvalue weighted by molar-refractivity contribution is -0.136. The van der Waals surface area contributed by atoms with Crippen molar-refractivity contribution in [2.75, 3.05) is 43.4 Å². The Labute approximate surface area is 159 Å². The number of amides is 1. The van der Waals surface area contributed by atoms with Gasteiger partial charge in [0.1, 0.15) is 0 Å². The minimum absolute atomic E-state index is 0.154. The molecule has 1 aliphatic heterocycles. The van der Waals surface area contributed by atoms with Crippen LogP contribution in [-0.2, 0) is 11.0 Å². The smallest absolute Gasteiger partial charge is 0.369 e. The fourth-order valence-electron chi connectivity index (χ4n) is 3.24. The molecule has 0 saturated carbocycles. The number of benzene rings is 1. The van der Waals surface area contributed by atoms with E-state index in [9.17, 15) is 18.0 Å². The fourth-order valence-corrected chi connectivity index (χ4v) is 3.24. The summed E-state index contributed by atoms with van der Waals surface area (Å²) in [6, 6.07) is 4.20. The van der Waals surface area contributed by atoms with Crippen molar-refractivity contribution in [2.24, 2.45) is 0 Å². The van der Waals surface area contributed by atoms with Gasteiger partial charge in [-0.1, -0.05) is 32.6 Å². The Hall–Kier alpha value is -1.76. The molecule has 152 valence electrons. The van der Waals surface area contributed by atoms with Crippen molar-refractivity contribution in [3.63, 3.8) is 0 Å². The predicted molar refractivity (Wildman–Crippen MR) is 103 cm³/mol. The van der Waals surface area contributed by atoms with Crippen molar-refractivity contribution in [3.05, 3.63) is 23.8 Å². The van der Waals surface area contributed by atoms with Gasteiger partial charge in [-0.2, -0.15) is 13.2 Å². The summed E-state index contributed by atoms with van der Waals surface area (Å²) < 4.78 is 40.6. The number of nitrogens with zero attached hydrogens (tertiary/aromatic N) is 2. The second kappa shape index (κ2) is 9.97. The molecule has 1 aromatic rings. The maximum absolute atomic E-state index is 13.5. The van der Waals surface area contributed by atoms with E-state index in [0.29, 0.717) is 25.2 Å². The van der Waals surface area contributed by atoms with Crippen LogP contribution in [0.5, 0.6) is 0 Å². The maximum Gasteiger partial charge on any atom is 0.418 e. The standard InChI is InChI=1S/C20H30F3N3O/c1-3-4-5-6-7-8-19(27)24-18-10-9-16(15-17(18)20(21,22)23)26-13-11-25(2)12-14-26/h9-10,15H,3-8,11-14H2,1-2H3,(H,24,27). The fraction of sp³-hybridized carbons (Fsp3) is 0.650. The summed E-state index contributed by atoms with van der Waals surface area (Å²) in [5.74, 6) is -0.357.